The van der Waals surface area contributed by atoms with Gasteiger partial charge in [-0.15, -0.1) is 0 Å². The van der Waals surface area contributed by atoms with E-state index in [-0.39, 0.29) is 5.78 Å². The van der Waals surface area contributed by atoms with Crippen LogP contribution in [0.2, 0.25) is 0 Å². The first-order valence-electron chi connectivity index (χ1n) is 5.55. The van der Waals surface area contributed by atoms with Crippen molar-refractivity contribution < 1.29 is 13.9 Å². The van der Waals surface area contributed by atoms with Crippen molar-refractivity contribution in [2.24, 2.45) is 0 Å². The highest BCUT2D eigenvalue weighted by Gasteiger charge is 2.20. The van der Waals surface area contributed by atoms with Crippen LogP contribution in [0.15, 0.2) is 42.6 Å². The number of nitrogens with zero attached hydrogens (tertiary/aromatic N) is 1. The lowest BCUT2D eigenvalue weighted by molar-refractivity contribution is 0.0991. The summed E-state index contributed by atoms with van der Waals surface area (Å²) in [4.78, 5) is 15.1. The molecule has 2 aromatic rings. The molecular formula is C14H11BrFNO2. The van der Waals surface area contributed by atoms with Gasteiger partial charge in [0.25, 0.3) is 0 Å². The van der Waals surface area contributed by atoms with E-state index in [1.165, 1.54) is 19.4 Å². The molecule has 1 aromatic heterocycles. The highest BCUT2D eigenvalue weighted by atomic mass is 79.9. The topological polar surface area (TPSA) is 39.2 Å². The Hall–Kier alpha value is -1.75. The quantitative estimate of drug-likeness (QED) is 0.490. The van der Waals surface area contributed by atoms with Crippen molar-refractivity contribution in [2.45, 2.75) is 4.83 Å². The molecule has 0 saturated heterocycles. The van der Waals surface area contributed by atoms with Crippen molar-refractivity contribution in [3.8, 4) is 5.75 Å². The summed E-state index contributed by atoms with van der Waals surface area (Å²) in [6.45, 7) is 0. The minimum atomic E-state index is -0.614. The second-order valence-corrected chi connectivity index (χ2v) is 4.79. The number of pyridine rings is 1. The van der Waals surface area contributed by atoms with Crippen LogP contribution in [0.5, 0.6) is 5.75 Å². The van der Waals surface area contributed by atoms with E-state index >= 15 is 0 Å². The van der Waals surface area contributed by atoms with E-state index in [1.807, 2.05) is 0 Å². The number of ketones is 1. The summed E-state index contributed by atoms with van der Waals surface area (Å²) in [7, 11) is 1.54. The molecule has 0 unspecified atom stereocenters. The van der Waals surface area contributed by atoms with Crippen molar-refractivity contribution in [3.63, 3.8) is 0 Å². The summed E-state index contributed by atoms with van der Waals surface area (Å²) in [5.74, 6) is -0.170. The Morgan fingerprint density at radius 1 is 1.37 bits per heavy atom. The van der Waals surface area contributed by atoms with Gasteiger partial charge in [-0.3, -0.25) is 4.79 Å². The van der Waals surface area contributed by atoms with E-state index in [0.717, 1.165) is 0 Å². The van der Waals surface area contributed by atoms with Crippen LogP contribution in [0.4, 0.5) is 4.39 Å². The Kier molecular flexibility index (Phi) is 4.27. The fourth-order valence-electron chi connectivity index (χ4n) is 1.65. The molecule has 0 N–H and O–H groups in total. The highest BCUT2D eigenvalue weighted by Crippen LogP contribution is 2.28. The van der Waals surface area contributed by atoms with Crippen LogP contribution in [0.25, 0.3) is 0 Å². The fourth-order valence-corrected chi connectivity index (χ4v) is 2.20. The highest BCUT2D eigenvalue weighted by molar-refractivity contribution is 9.09. The Balaban J connectivity index is 2.28. The molecule has 0 aliphatic heterocycles. The molecule has 0 aliphatic carbocycles. The third kappa shape index (κ3) is 3.17. The Morgan fingerprint density at radius 3 is 2.84 bits per heavy atom. The fraction of sp³-hybridized carbons (Fsp3) is 0.143. The zero-order chi connectivity index (χ0) is 13.8. The van der Waals surface area contributed by atoms with Gasteiger partial charge in [-0.2, -0.15) is 4.39 Å². The minimum Gasteiger partial charge on any atom is -0.497 e. The van der Waals surface area contributed by atoms with E-state index < -0.39 is 10.8 Å². The van der Waals surface area contributed by atoms with E-state index in [2.05, 4.69) is 20.9 Å². The number of hydrogen-bond acceptors (Lipinski definition) is 3. The van der Waals surface area contributed by atoms with Crippen LogP contribution in [0, 0.1) is 5.95 Å². The molecule has 0 radical (unpaired) electrons. The van der Waals surface area contributed by atoms with Crippen LogP contribution < -0.4 is 4.74 Å². The van der Waals surface area contributed by atoms with Crippen molar-refractivity contribution >= 4 is 21.7 Å². The number of carbonyl (C=O) groups excluding carboxylic acids is 1. The third-order valence-corrected chi connectivity index (χ3v) is 3.57. The molecule has 0 aliphatic rings. The molecular weight excluding hydrogens is 313 g/mol. The maximum absolute atomic E-state index is 13.0. The molecule has 3 nitrogen and oxygen atoms in total. The van der Waals surface area contributed by atoms with Gasteiger partial charge in [0, 0.05) is 11.8 Å². The first kappa shape index (κ1) is 13.7. The van der Waals surface area contributed by atoms with E-state index in [4.69, 9.17) is 4.74 Å². The van der Waals surface area contributed by atoms with Gasteiger partial charge in [0.1, 0.15) is 10.6 Å². The summed E-state index contributed by atoms with van der Waals surface area (Å²) < 4.78 is 18.1. The predicted molar refractivity (Wildman–Crippen MR) is 73.2 cm³/mol. The van der Waals surface area contributed by atoms with Crippen molar-refractivity contribution in [2.75, 3.05) is 7.11 Å². The molecule has 2 rings (SSSR count). The second-order valence-electron chi connectivity index (χ2n) is 3.87. The molecule has 0 spiro atoms. The average Bonchev–Trinajstić information content (AvgIpc) is 2.45. The number of alkyl halides is 1. The molecule has 0 bridgehead atoms. The number of rotatable bonds is 4. The Bertz CT molecular complexity index is 604. The van der Waals surface area contributed by atoms with Gasteiger partial charge in [0.05, 0.1) is 7.11 Å². The average molecular weight is 324 g/mol. The van der Waals surface area contributed by atoms with E-state index in [0.29, 0.717) is 16.9 Å². The van der Waals surface area contributed by atoms with E-state index in [9.17, 15) is 9.18 Å². The largest absolute Gasteiger partial charge is 0.497 e. The van der Waals surface area contributed by atoms with Gasteiger partial charge in [-0.05, 0) is 29.8 Å². The van der Waals surface area contributed by atoms with Gasteiger partial charge in [-0.25, -0.2) is 4.98 Å². The van der Waals surface area contributed by atoms with Crippen LogP contribution >= 0.6 is 15.9 Å². The monoisotopic (exact) mass is 323 g/mol. The number of halogens is 2. The van der Waals surface area contributed by atoms with Crippen LogP contribution in [0.3, 0.4) is 0 Å². The molecule has 98 valence electrons. The van der Waals surface area contributed by atoms with Gasteiger partial charge in [-0.1, -0.05) is 28.1 Å². The van der Waals surface area contributed by atoms with Gasteiger partial charge >= 0.3 is 0 Å². The SMILES string of the molecule is COc1cccc(C(=O)[C@H](Br)c2ccnc(F)c2)c1. The minimum absolute atomic E-state index is 0.162. The summed E-state index contributed by atoms with van der Waals surface area (Å²) in [6, 6.07) is 9.66. The standard InChI is InChI=1S/C14H11BrFNO2/c1-19-11-4-2-3-10(7-11)14(18)13(15)9-5-6-17-12(16)8-9/h2-8,13H,1H3/t13-/m1/s1. The maximum atomic E-state index is 13.0. The maximum Gasteiger partial charge on any atom is 0.213 e. The number of ether oxygens (including phenoxy) is 1. The first-order valence-corrected chi connectivity index (χ1v) is 6.47. The van der Waals surface area contributed by atoms with Crippen LogP contribution in [0.1, 0.15) is 20.7 Å². The van der Waals surface area contributed by atoms with Crippen molar-refractivity contribution in [1.29, 1.82) is 0 Å². The normalized spacial score (nSPS) is 11.9. The number of hydrogen-bond donors (Lipinski definition) is 0. The molecule has 0 saturated carbocycles. The second kappa shape index (κ2) is 5.93. The van der Waals surface area contributed by atoms with Crippen molar-refractivity contribution in [3.05, 3.63) is 59.7 Å². The van der Waals surface area contributed by atoms with Gasteiger partial charge in [0.2, 0.25) is 5.95 Å². The number of benzene rings is 1. The Labute approximate surface area is 118 Å². The third-order valence-electron chi connectivity index (χ3n) is 2.63. The lowest BCUT2D eigenvalue weighted by atomic mass is 10.0. The summed E-state index contributed by atoms with van der Waals surface area (Å²) in [5, 5.41) is 0. The number of Topliss-reactive ketones (excluding diaryl/α,β-unsaturated/α-hetero) is 1. The predicted octanol–water partition coefficient (Wildman–Crippen LogP) is 3.55. The Morgan fingerprint density at radius 2 is 2.16 bits per heavy atom. The first-order chi connectivity index (χ1) is 9.11. The molecule has 0 amide bonds. The van der Waals surface area contributed by atoms with Gasteiger partial charge < -0.3 is 4.74 Å². The van der Waals surface area contributed by atoms with Crippen molar-refractivity contribution in [1.82, 2.24) is 4.98 Å². The van der Waals surface area contributed by atoms with Crippen LogP contribution in [-0.4, -0.2) is 17.9 Å². The molecule has 1 atom stereocenters. The zero-order valence-corrected chi connectivity index (χ0v) is 11.7. The molecule has 1 heterocycles. The van der Waals surface area contributed by atoms with E-state index in [1.54, 1.807) is 30.3 Å². The summed E-state index contributed by atoms with van der Waals surface area (Å²) >= 11 is 3.28. The van der Waals surface area contributed by atoms with Gasteiger partial charge in [0.15, 0.2) is 5.78 Å². The number of methoxy groups -OCH3 is 1. The number of aromatic nitrogens is 1. The lowest BCUT2D eigenvalue weighted by Crippen LogP contribution is -2.07. The van der Waals surface area contributed by atoms with Crippen LogP contribution in [-0.2, 0) is 0 Å². The molecule has 1 aromatic carbocycles. The lowest BCUT2D eigenvalue weighted by Gasteiger charge is -2.10. The summed E-state index contributed by atoms with van der Waals surface area (Å²) in [6.07, 6.45) is 1.33. The molecule has 5 heteroatoms. The smallest absolute Gasteiger partial charge is 0.213 e. The number of carbonyl (C=O) groups is 1. The zero-order valence-electron chi connectivity index (χ0n) is 10.1. The molecule has 19 heavy (non-hydrogen) atoms. The summed E-state index contributed by atoms with van der Waals surface area (Å²) in [5.41, 5.74) is 1.03. The molecule has 0 fully saturated rings.